The molecule has 1 heterocycles. The zero-order chi connectivity index (χ0) is 12.2. The van der Waals surface area contributed by atoms with E-state index in [1.54, 1.807) is 32.2 Å². The van der Waals surface area contributed by atoms with Crippen LogP contribution in [0.3, 0.4) is 0 Å². The SMILES string of the molecule is CC(C)(Cc1cc(CO)ccn1)OC(N)=O. The number of rotatable bonds is 4. The predicted octanol–water partition coefficient (Wildman–Crippen LogP) is 0.990. The zero-order valence-electron chi connectivity index (χ0n) is 9.43. The molecule has 0 bridgehead atoms. The van der Waals surface area contributed by atoms with E-state index in [1.165, 1.54) is 0 Å². The third kappa shape index (κ3) is 3.86. The number of carbonyl (C=O) groups excluding carboxylic acids is 1. The third-order valence-electron chi connectivity index (χ3n) is 2.05. The van der Waals surface area contributed by atoms with E-state index in [4.69, 9.17) is 15.6 Å². The van der Waals surface area contributed by atoms with Crippen LogP contribution in [-0.4, -0.2) is 21.8 Å². The standard InChI is InChI=1S/C11H16N2O3/c1-11(2,16-10(12)15)6-9-5-8(7-14)3-4-13-9/h3-5,14H,6-7H2,1-2H3,(H2,12,15). The number of hydrogen-bond donors (Lipinski definition) is 2. The Morgan fingerprint density at radius 2 is 2.31 bits per heavy atom. The van der Waals surface area contributed by atoms with Crippen LogP contribution in [-0.2, 0) is 17.8 Å². The average molecular weight is 224 g/mol. The summed E-state index contributed by atoms with van der Waals surface area (Å²) in [6.45, 7) is 3.47. The van der Waals surface area contributed by atoms with Gasteiger partial charge in [0, 0.05) is 18.3 Å². The Bertz CT molecular complexity index is 377. The number of aliphatic hydroxyl groups is 1. The Morgan fingerprint density at radius 3 is 2.88 bits per heavy atom. The highest BCUT2D eigenvalue weighted by molar-refractivity contribution is 5.65. The van der Waals surface area contributed by atoms with Crippen molar-refractivity contribution in [2.24, 2.45) is 5.73 Å². The molecule has 0 aliphatic heterocycles. The Labute approximate surface area is 94.2 Å². The van der Waals surface area contributed by atoms with Crippen molar-refractivity contribution < 1.29 is 14.6 Å². The van der Waals surface area contributed by atoms with Gasteiger partial charge in [-0.2, -0.15) is 0 Å². The summed E-state index contributed by atoms with van der Waals surface area (Å²) in [5, 5.41) is 8.97. The molecule has 1 aromatic rings. The van der Waals surface area contributed by atoms with Gasteiger partial charge in [-0.1, -0.05) is 0 Å². The summed E-state index contributed by atoms with van der Waals surface area (Å²) in [4.78, 5) is 14.8. The Hall–Kier alpha value is -1.62. The molecule has 0 fully saturated rings. The smallest absolute Gasteiger partial charge is 0.405 e. The van der Waals surface area contributed by atoms with E-state index in [9.17, 15) is 4.79 Å². The van der Waals surface area contributed by atoms with Gasteiger partial charge in [-0.15, -0.1) is 0 Å². The molecule has 1 aromatic heterocycles. The molecule has 0 aromatic carbocycles. The van der Waals surface area contributed by atoms with Crippen LogP contribution >= 0.6 is 0 Å². The molecule has 0 unspecified atom stereocenters. The summed E-state index contributed by atoms with van der Waals surface area (Å²) in [7, 11) is 0. The second kappa shape index (κ2) is 4.94. The van der Waals surface area contributed by atoms with Gasteiger partial charge >= 0.3 is 6.09 Å². The maximum absolute atomic E-state index is 10.7. The van der Waals surface area contributed by atoms with Crippen LogP contribution < -0.4 is 5.73 Å². The molecule has 88 valence electrons. The van der Waals surface area contributed by atoms with Gasteiger partial charge < -0.3 is 15.6 Å². The number of primary amides is 1. The van der Waals surface area contributed by atoms with E-state index in [2.05, 4.69) is 4.98 Å². The van der Waals surface area contributed by atoms with E-state index in [0.29, 0.717) is 6.42 Å². The van der Waals surface area contributed by atoms with Crippen molar-refractivity contribution in [3.8, 4) is 0 Å². The summed E-state index contributed by atoms with van der Waals surface area (Å²) in [6, 6.07) is 3.50. The molecule has 1 amide bonds. The lowest BCUT2D eigenvalue weighted by atomic mass is 10.0. The fraction of sp³-hybridized carbons (Fsp3) is 0.455. The number of pyridine rings is 1. The number of nitrogens with two attached hydrogens (primary N) is 1. The molecular weight excluding hydrogens is 208 g/mol. The van der Waals surface area contributed by atoms with Crippen molar-refractivity contribution in [3.05, 3.63) is 29.6 Å². The minimum absolute atomic E-state index is 0.0351. The van der Waals surface area contributed by atoms with Gasteiger partial charge in [-0.25, -0.2) is 4.79 Å². The third-order valence-corrected chi connectivity index (χ3v) is 2.05. The van der Waals surface area contributed by atoms with Crippen LogP contribution in [0.1, 0.15) is 25.1 Å². The fourth-order valence-corrected chi connectivity index (χ4v) is 1.47. The lowest BCUT2D eigenvalue weighted by Crippen LogP contribution is -2.33. The van der Waals surface area contributed by atoms with Crippen molar-refractivity contribution >= 4 is 6.09 Å². The van der Waals surface area contributed by atoms with E-state index in [0.717, 1.165) is 11.3 Å². The molecule has 5 nitrogen and oxygen atoms in total. The monoisotopic (exact) mass is 224 g/mol. The van der Waals surface area contributed by atoms with Crippen LogP contribution in [0.25, 0.3) is 0 Å². The molecule has 0 saturated heterocycles. The van der Waals surface area contributed by atoms with E-state index >= 15 is 0 Å². The van der Waals surface area contributed by atoms with Crippen LogP contribution in [0.4, 0.5) is 4.79 Å². The molecular formula is C11H16N2O3. The maximum Gasteiger partial charge on any atom is 0.405 e. The summed E-state index contributed by atoms with van der Waals surface area (Å²) >= 11 is 0. The van der Waals surface area contributed by atoms with Gasteiger partial charge in [-0.3, -0.25) is 4.98 Å². The Balaban J connectivity index is 2.75. The van der Waals surface area contributed by atoms with Gasteiger partial charge in [0.05, 0.1) is 6.61 Å². The number of carbonyl (C=O) groups is 1. The topological polar surface area (TPSA) is 85.4 Å². The highest BCUT2D eigenvalue weighted by atomic mass is 16.6. The molecule has 0 atom stereocenters. The maximum atomic E-state index is 10.7. The number of hydrogen-bond acceptors (Lipinski definition) is 4. The molecule has 0 aliphatic carbocycles. The largest absolute Gasteiger partial charge is 0.443 e. The highest BCUT2D eigenvalue weighted by Gasteiger charge is 2.22. The lowest BCUT2D eigenvalue weighted by molar-refractivity contribution is 0.0453. The number of nitrogens with zero attached hydrogens (tertiary/aromatic N) is 1. The second-order valence-electron chi connectivity index (χ2n) is 4.17. The van der Waals surface area contributed by atoms with Crippen LogP contribution in [0, 0.1) is 0 Å². The normalized spacial score (nSPS) is 11.2. The molecule has 16 heavy (non-hydrogen) atoms. The second-order valence-corrected chi connectivity index (χ2v) is 4.17. The fourth-order valence-electron chi connectivity index (χ4n) is 1.47. The van der Waals surface area contributed by atoms with Crippen molar-refractivity contribution in [1.29, 1.82) is 0 Å². The summed E-state index contributed by atoms with van der Waals surface area (Å²) < 4.78 is 4.95. The summed E-state index contributed by atoms with van der Waals surface area (Å²) in [5.41, 5.74) is 5.79. The first kappa shape index (κ1) is 12.4. The van der Waals surface area contributed by atoms with Crippen LogP contribution in [0.2, 0.25) is 0 Å². The van der Waals surface area contributed by atoms with E-state index in [-0.39, 0.29) is 6.61 Å². The van der Waals surface area contributed by atoms with E-state index in [1.807, 2.05) is 0 Å². The minimum atomic E-state index is -0.802. The quantitative estimate of drug-likeness (QED) is 0.798. The first-order chi connectivity index (χ1) is 7.43. The average Bonchev–Trinajstić information content (AvgIpc) is 2.15. The molecule has 0 spiro atoms. The molecule has 1 rings (SSSR count). The van der Waals surface area contributed by atoms with Crippen molar-refractivity contribution in [3.63, 3.8) is 0 Å². The zero-order valence-corrected chi connectivity index (χ0v) is 9.43. The van der Waals surface area contributed by atoms with Gasteiger partial charge in [0.15, 0.2) is 0 Å². The van der Waals surface area contributed by atoms with Gasteiger partial charge in [0.2, 0.25) is 0 Å². The van der Waals surface area contributed by atoms with Gasteiger partial charge in [0.1, 0.15) is 5.60 Å². The lowest BCUT2D eigenvalue weighted by Gasteiger charge is -2.23. The van der Waals surface area contributed by atoms with Crippen molar-refractivity contribution in [2.45, 2.75) is 32.5 Å². The van der Waals surface area contributed by atoms with Crippen molar-refractivity contribution in [2.75, 3.05) is 0 Å². The predicted molar refractivity (Wildman–Crippen MR) is 58.6 cm³/mol. The molecule has 5 heteroatoms. The van der Waals surface area contributed by atoms with Crippen LogP contribution in [0.5, 0.6) is 0 Å². The molecule has 0 aliphatic rings. The van der Waals surface area contributed by atoms with Gasteiger partial charge in [0.25, 0.3) is 0 Å². The highest BCUT2D eigenvalue weighted by Crippen LogP contribution is 2.16. The number of aliphatic hydroxyl groups excluding tert-OH is 1. The number of ether oxygens (including phenoxy) is 1. The van der Waals surface area contributed by atoms with Gasteiger partial charge in [-0.05, 0) is 31.5 Å². The Morgan fingerprint density at radius 1 is 1.62 bits per heavy atom. The summed E-state index contributed by atoms with van der Waals surface area (Å²) in [5.74, 6) is 0. The Kier molecular flexibility index (Phi) is 3.84. The summed E-state index contributed by atoms with van der Waals surface area (Å²) in [6.07, 6.45) is 1.26. The van der Waals surface area contributed by atoms with Crippen LogP contribution in [0.15, 0.2) is 18.3 Å². The number of aromatic nitrogens is 1. The minimum Gasteiger partial charge on any atom is -0.443 e. The molecule has 0 radical (unpaired) electrons. The molecule has 0 saturated carbocycles. The molecule has 3 N–H and O–H groups in total. The first-order valence-electron chi connectivity index (χ1n) is 4.96. The van der Waals surface area contributed by atoms with E-state index < -0.39 is 11.7 Å². The number of amides is 1. The first-order valence-corrected chi connectivity index (χ1v) is 4.96. The van der Waals surface area contributed by atoms with Crippen molar-refractivity contribution in [1.82, 2.24) is 4.98 Å².